The van der Waals surface area contributed by atoms with Gasteiger partial charge in [0.1, 0.15) is 6.04 Å². The first kappa shape index (κ1) is 18.5. The summed E-state index contributed by atoms with van der Waals surface area (Å²) in [6, 6.07) is 15.8. The van der Waals surface area contributed by atoms with Gasteiger partial charge in [0.2, 0.25) is 5.91 Å². The number of para-hydroxylation sites is 1. The Labute approximate surface area is 154 Å². The highest BCUT2D eigenvalue weighted by Gasteiger charge is 2.22. The Balaban J connectivity index is 2.08. The minimum absolute atomic E-state index is 0.212. The molecule has 0 radical (unpaired) electrons. The lowest BCUT2D eigenvalue weighted by Gasteiger charge is -2.18. The van der Waals surface area contributed by atoms with Crippen LogP contribution in [0.25, 0.3) is 0 Å². The molecule has 6 heteroatoms. The Kier molecular flexibility index (Phi) is 7.34. The van der Waals surface area contributed by atoms with Crippen LogP contribution in [0.2, 0.25) is 0 Å². The van der Waals surface area contributed by atoms with Crippen LogP contribution >= 0.6 is 27.7 Å². The van der Waals surface area contributed by atoms with Crippen molar-refractivity contribution in [1.29, 1.82) is 0 Å². The number of amides is 2. The van der Waals surface area contributed by atoms with Gasteiger partial charge in [-0.15, -0.1) is 0 Å². The monoisotopic (exact) mass is 406 g/mol. The van der Waals surface area contributed by atoms with E-state index in [2.05, 4.69) is 26.6 Å². The van der Waals surface area contributed by atoms with E-state index in [1.165, 1.54) is 0 Å². The van der Waals surface area contributed by atoms with Crippen LogP contribution in [0.5, 0.6) is 0 Å². The lowest BCUT2D eigenvalue weighted by atomic mass is 10.1. The van der Waals surface area contributed by atoms with E-state index in [1.54, 1.807) is 30.0 Å². The Hall–Kier alpha value is -1.79. The molecule has 24 heavy (non-hydrogen) atoms. The molecule has 2 rings (SSSR count). The SMILES string of the molecule is CSCCC(NC(=O)c1ccccc1Br)C(=O)Nc1ccccc1. The van der Waals surface area contributed by atoms with Crippen molar-refractivity contribution in [2.75, 3.05) is 17.3 Å². The highest BCUT2D eigenvalue weighted by molar-refractivity contribution is 9.10. The number of halogens is 1. The predicted molar refractivity (Wildman–Crippen MR) is 103 cm³/mol. The Morgan fingerprint density at radius 3 is 2.42 bits per heavy atom. The summed E-state index contributed by atoms with van der Waals surface area (Å²) < 4.78 is 0.703. The number of anilines is 1. The summed E-state index contributed by atoms with van der Waals surface area (Å²) in [7, 11) is 0. The lowest BCUT2D eigenvalue weighted by molar-refractivity contribution is -0.118. The van der Waals surface area contributed by atoms with Gasteiger partial charge in [0.25, 0.3) is 5.91 Å². The fraction of sp³-hybridized carbons (Fsp3) is 0.222. The van der Waals surface area contributed by atoms with E-state index in [4.69, 9.17) is 0 Å². The minimum Gasteiger partial charge on any atom is -0.340 e. The van der Waals surface area contributed by atoms with Crippen LogP contribution in [0, 0.1) is 0 Å². The van der Waals surface area contributed by atoms with E-state index < -0.39 is 6.04 Å². The Morgan fingerprint density at radius 2 is 1.75 bits per heavy atom. The molecule has 126 valence electrons. The second kappa shape index (κ2) is 9.49. The van der Waals surface area contributed by atoms with Gasteiger partial charge in [0.15, 0.2) is 0 Å². The smallest absolute Gasteiger partial charge is 0.253 e. The second-order valence-corrected chi connectivity index (χ2v) is 6.98. The van der Waals surface area contributed by atoms with Crippen LogP contribution in [0.4, 0.5) is 5.69 Å². The summed E-state index contributed by atoms with van der Waals surface area (Å²) in [4.78, 5) is 25.0. The maximum Gasteiger partial charge on any atom is 0.253 e. The van der Waals surface area contributed by atoms with Crippen molar-refractivity contribution in [3.63, 3.8) is 0 Å². The average Bonchev–Trinajstić information content (AvgIpc) is 2.59. The molecule has 2 N–H and O–H groups in total. The Bertz CT molecular complexity index is 694. The molecule has 0 saturated heterocycles. The first-order valence-corrected chi connectivity index (χ1v) is 9.70. The molecular formula is C18H19BrN2O2S. The minimum atomic E-state index is -0.586. The van der Waals surface area contributed by atoms with E-state index in [0.717, 1.165) is 5.75 Å². The van der Waals surface area contributed by atoms with Gasteiger partial charge < -0.3 is 10.6 Å². The molecule has 2 aromatic rings. The van der Waals surface area contributed by atoms with Crippen molar-refractivity contribution in [3.8, 4) is 0 Å². The average molecular weight is 407 g/mol. The molecule has 0 spiro atoms. The molecule has 0 fully saturated rings. The quantitative estimate of drug-likeness (QED) is 0.731. The molecule has 0 aliphatic heterocycles. The van der Waals surface area contributed by atoms with Gasteiger partial charge in [-0.1, -0.05) is 30.3 Å². The number of benzene rings is 2. The molecule has 2 amide bonds. The summed E-state index contributed by atoms with van der Waals surface area (Å²) in [5.41, 5.74) is 1.23. The molecule has 0 aromatic heterocycles. The Morgan fingerprint density at radius 1 is 1.08 bits per heavy atom. The molecule has 0 bridgehead atoms. The third kappa shape index (κ3) is 5.39. The fourth-order valence-corrected chi connectivity index (χ4v) is 3.07. The standard InChI is InChI=1S/C18H19BrN2O2S/c1-24-12-11-16(18(23)20-13-7-3-2-4-8-13)21-17(22)14-9-5-6-10-15(14)19/h2-10,16H,11-12H2,1H3,(H,20,23)(H,21,22). The maximum atomic E-state index is 12.5. The number of carbonyl (C=O) groups excluding carboxylic acids is 2. The summed E-state index contributed by atoms with van der Waals surface area (Å²) in [5, 5.41) is 5.68. The number of hydrogen-bond donors (Lipinski definition) is 2. The predicted octanol–water partition coefficient (Wildman–Crippen LogP) is 3.94. The third-order valence-electron chi connectivity index (χ3n) is 3.39. The largest absolute Gasteiger partial charge is 0.340 e. The number of hydrogen-bond acceptors (Lipinski definition) is 3. The van der Waals surface area contributed by atoms with E-state index in [9.17, 15) is 9.59 Å². The summed E-state index contributed by atoms with van der Waals surface area (Å²) in [6.07, 6.45) is 2.54. The van der Waals surface area contributed by atoms with Crippen LogP contribution in [0.1, 0.15) is 16.8 Å². The molecule has 0 heterocycles. The van der Waals surface area contributed by atoms with Gasteiger partial charge in [0, 0.05) is 10.2 Å². The number of rotatable bonds is 7. The van der Waals surface area contributed by atoms with E-state index >= 15 is 0 Å². The molecule has 0 aliphatic rings. The zero-order chi connectivity index (χ0) is 17.4. The van der Waals surface area contributed by atoms with Gasteiger partial charge in [-0.2, -0.15) is 11.8 Å². The van der Waals surface area contributed by atoms with Crippen LogP contribution in [0.3, 0.4) is 0 Å². The fourth-order valence-electron chi connectivity index (χ4n) is 2.14. The van der Waals surface area contributed by atoms with E-state index in [-0.39, 0.29) is 11.8 Å². The van der Waals surface area contributed by atoms with Crippen molar-refractivity contribution >= 4 is 45.2 Å². The topological polar surface area (TPSA) is 58.2 Å². The first-order valence-electron chi connectivity index (χ1n) is 7.52. The highest BCUT2D eigenvalue weighted by atomic mass is 79.9. The highest BCUT2D eigenvalue weighted by Crippen LogP contribution is 2.16. The molecule has 1 unspecified atom stereocenters. The first-order chi connectivity index (χ1) is 11.6. The number of thioether (sulfide) groups is 1. The lowest BCUT2D eigenvalue weighted by Crippen LogP contribution is -2.44. The van der Waals surface area contributed by atoms with Gasteiger partial charge in [-0.05, 0) is 58.6 Å². The van der Waals surface area contributed by atoms with Crippen molar-refractivity contribution in [2.45, 2.75) is 12.5 Å². The van der Waals surface area contributed by atoms with Crippen LogP contribution in [0.15, 0.2) is 59.1 Å². The maximum absolute atomic E-state index is 12.5. The van der Waals surface area contributed by atoms with E-state index in [0.29, 0.717) is 22.1 Å². The molecule has 2 aromatic carbocycles. The van der Waals surface area contributed by atoms with Crippen LogP contribution in [-0.2, 0) is 4.79 Å². The molecule has 0 saturated carbocycles. The molecular weight excluding hydrogens is 388 g/mol. The van der Waals surface area contributed by atoms with Crippen molar-refractivity contribution in [3.05, 3.63) is 64.6 Å². The molecule has 4 nitrogen and oxygen atoms in total. The zero-order valence-corrected chi connectivity index (χ0v) is 15.7. The van der Waals surface area contributed by atoms with Crippen LogP contribution < -0.4 is 10.6 Å². The van der Waals surface area contributed by atoms with Gasteiger partial charge in [-0.3, -0.25) is 9.59 Å². The van der Waals surface area contributed by atoms with Crippen LogP contribution in [-0.4, -0.2) is 29.9 Å². The third-order valence-corrected chi connectivity index (χ3v) is 4.73. The molecule has 0 aliphatic carbocycles. The number of nitrogens with one attached hydrogen (secondary N) is 2. The van der Waals surface area contributed by atoms with Gasteiger partial charge >= 0.3 is 0 Å². The summed E-state index contributed by atoms with van der Waals surface area (Å²) in [5.74, 6) is 0.302. The second-order valence-electron chi connectivity index (χ2n) is 5.14. The molecule has 1 atom stereocenters. The normalized spacial score (nSPS) is 11.6. The van der Waals surface area contributed by atoms with E-state index in [1.807, 2.05) is 42.7 Å². The number of carbonyl (C=O) groups is 2. The summed E-state index contributed by atoms with van der Waals surface area (Å²) in [6.45, 7) is 0. The van der Waals surface area contributed by atoms with Crippen molar-refractivity contribution in [2.24, 2.45) is 0 Å². The van der Waals surface area contributed by atoms with Crippen molar-refractivity contribution < 1.29 is 9.59 Å². The zero-order valence-electron chi connectivity index (χ0n) is 13.3. The van der Waals surface area contributed by atoms with Gasteiger partial charge in [-0.25, -0.2) is 0 Å². The van der Waals surface area contributed by atoms with Crippen molar-refractivity contribution in [1.82, 2.24) is 5.32 Å². The van der Waals surface area contributed by atoms with Gasteiger partial charge in [0.05, 0.1) is 5.56 Å². The summed E-state index contributed by atoms with van der Waals surface area (Å²) >= 11 is 5.00.